The SMILES string of the molecule is COCCNCC(=O)NCCc1ccc(C)cc1.Cl. The monoisotopic (exact) mass is 286 g/mol. The number of carbonyl (C=O) groups excluding carboxylic acids is 1. The number of hydrogen-bond acceptors (Lipinski definition) is 3. The fraction of sp³-hybridized carbons (Fsp3) is 0.500. The van der Waals surface area contributed by atoms with Gasteiger partial charge in [-0.1, -0.05) is 29.8 Å². The second kappa shape index (κ2) is 10.8. The predicted octanol–water partition coefficient (Wildman–Crippen LogP) is 1.31. The first-order valence-corrected chi connectivity index (χ1v) is 6.24. The third-order valence-electron chi connectivity index (χ3n) is 2.62. The van der Waals surface area contributed by atoms with Crippen LogP contribution in [-0.2, 0) is 16.0 Å². The van der Waals surface area contributed by atoms with Crippen molar-refractivity contribution >= 4 is 18.3 Å². The molecule has 0 atom stereocenters. The Morgan fingerprint density at radius 2 is 1.89 bits per heavy atom. The third-order valence-corrected chi connectivity index (χ3v) is 2.62. The molecule has 2 N–H and O–H groups in total. The standard InChI is InChI=1S/C14H22N2O2.ClH/c1-12-3-5-13(6-4-12)7-8-16-14(17)11-15-9-10-18-2;/h3-6,15H,7-11H2,1-2H3,(H,16,17);1H. The van der Waals surface area contributed by atoms with Crippen LogP contribution in [0.5, 0.6) is 0 Å². The van der Waals surface area contributed by atoms with Gasteiger partial charge in [-0.3, -0.25) is 4.79 Å². The van der Waals surface area contributed by atoms with Gasteiger partial charge in [0.25, 0.3) is 0 Å². The minimum atomic E-state index is 0. The summed E-state index contributed by atoms with van der Waals surface area (Å²) in [4.78, 5) is 11.4. The number of ether oxygens (including phenoxy) is 1. The first kappa shape index (κ1) is 17.9. The van der Waals surface area contributed by atoms with E-state index in [1.807, 2.05) is 0 Å². The zero-order chi connectivity index (χ0) is 13.2. The molecule has 1 aromatic carbocycles. The van der Waals surface area contributed by atoms with E-state index in [0.29, 0.717) is 26.2 Å². The first-order chi connectivity index (χ1) is 8.72. The Bertz CT molecular complexity index is 355. The topological polar surface area (TPSA) is 50.4 Å². The fourth-order valence-corrected chi connectivity index (χ4v) is 1.54. The van der Waals surface area contributed by atoms with Gasteiger partial charge in [-0.2, -0.15) is 0 Å². The van der Waals surface area contributed by atoms with E-state index in [0.717, 1.165) is 6.42 Å². The van der Waals surface area contributed by atoms with Crippen LogP contribution in [0.25, 0.3) is 0 Å². The largest absolute Gasteiger partial charge is 0.383 e. The van der Waals surface area contributed by atoms with Gasteiger partial charge < -0.3 is 15.4 Å². The molecule has 4 nitrogen and oxygen atoms in total. The highest BCUT2D eigenvalue weighted by atomic mass is 35.5. The van der Waals surface area contributed by atoms with Crippen molar-refractivity contribution in [2.45, 2.75) is 13.3 Å². The summed E-state index contributed by atoms with van der Waals surface area (Å²) in [5.74, 6) is 0.0261. The smallest absolute Gasteiger partial charge is 0.233 e. The van der Waals surface area contributed by atoms with Crippen LogP contribution in [-0.4, -0.2) is 39.3 Å². The highest BCUT2D eigenvalue weighted by molar-refractivity contribution is 5.85. The van der Waals surface area contributed by atoms with Gasteiger partial charge in [0.05, 0.1) is 13.2 Å². The molecule has 0 fully saturated rings. The number of rotatable bonds is 8. The molecule has 0 bridgehead atoms. The number of amides is 1. The van der Waals surface area contributed by atoms with E-state index in [4.69, 9.17) is 4.74 Å². The summed E-state index contributed by atoms with van der Waals surface area (Å²) in [5, 5.41) is 5.89. The van der Waals surface area contributed by atoms with Crippen molar-refractivity contribution in [3.05, 3.63) is 35.4 Å². The first-order valence-electron chi connectivity index (χ1n) is 6.24. The zero-order valence-electron chi connectivity index (χ0n) is 11.6. The van der Waals surface area contributed by atoms with E-state index < -0.39 is 0 Å². The van der Waals surface area contributed by atoms with Crippen molar-refractivity contribution in [2.24, 2.45) is 0 Å². The van der Waals surface area contributed by atoms with Gasteiger partial charge in [-0.15, -0.1) is 12.4 Å². The molecule has 0 unspecified atom stereocenters. The van der Waals surface area contributed by atoms with E-state index in [1.54, 1.807) is 7.11 Å². The molecule has 19 heavy (non-hydrogen) atoms. The van der Waals surface area contributed by atoms with Crippen LogP contribution < -0.4 is 10.6 Å². The lowest BCUT2D eigenvalue weighted by molar-refractivity contribution is -0.120. The second-order valence-corrected chi connectivity index (χ2v) is 4.26. The normalized spacial score (nSPS) is 9.79. The summed E-state index contributed by atoms with van der Waals surface area (Å²) in [6.45, 7) is 4.40. The maximum absolute atomic E-state index is 11.4. The lowest BCUT2D eigenvalue weighted by atomic mass is 10.1. The highest BCUT2D eigenvalue weighted by Crippen LogP contribution is 2.02. The van der Waals surface area contributed by atoms with E-state index in [1.165, 1.54) is 11.1 Å². The molecule has 0 aliphatic heterocycles. The van der Waals surface area contributed by atoms with Crippen LogP contribution in [0.1, 0.15) is 11.1 Å². The number of methoxy groups -OCH3 is 1. The van der Waals surface area contributed by atoms with Gasteiger partial charge in [-0.25, -0.2) is 0 Å². The van der Waals surface area contributed by atoms with Gasteiger partial charge in [0.1, 0.15) is 0 Å². The molecule has 1 amide bonds. The molecule has 0 saturated heterocycles. The Kier molecular flexibility index (Phi) is 10.2. The highest BCUT2D eigenvalue weighted by Gasteiger charge is 1.99. The Balaban J connectivity index is 0.00000324. The third kappa shape index (κ3) is 8.59. The number of aryl methyl sites for hydroxylation is 1. The molecule has 5 heteroatoms. The zero-order valence-corrected chi connectivity index (χ0v) is 12.4. The number of carbonyl (C=O) groups is 1. The van der Waals surface area contributed by atoms with Crippen LogP contribution in [0.4, 0.5) is 0 Å². The summed E-state index contributed by atoms with van der Waals surface area (Å²) < 4.78 is 4.88. The molecule has 1 rings (SSSR count). The maximum Gasteiger partial charge on any atom is 0.233 e. The minimum absolute atomic E-state index is 0. The van der Waals surface area contributed by atoms with Gasteiger partial charge in [0.2, 0.25) is 5.91 Å². The van der Waals surface area contributed by atoms with E-state index >= 15 is 0 Å². The van der Waals surface area contributed by atoms with Crippen LogP contribution in [0, 0.1) is 6.92 Å². The summed E-state index contributed by atoms with van der Waals surface area (Å²) in [6, 6.07) is 8.36. The second-order valence-electron chi connectivity index (χ2n) is 4.26. The fourth-order valence-electron chi connectivity index (χ4n) is 1.54. The molecule has 1 aromatic rings. The Morgan fingerprint density at radius 1 is 1.21 bits per heavy atom. The quantitative estimate of drug-likeness (QED) is 0.709. The Labute approximate surface area is 121 Å². The van der Waals surface area contributed by atoms with Crippen molar-refractivity contribution in [3.63, 3.8) is 0 Å². The molecule has 0 aromatic heterocycles. The van der Waals surface area contributed by atoms with Crippen LogP contribution in [0.15, 0.2) is 24.3 Å². The average molecular weight is 287 g/mol. The molecule has 108 valence electrons. The summed E-state index contributed by atoms with van der Waals surface area (Å²) in [5.41, 5.74) is 2.50. The maximum atomic E-state index is 11.4. The molecule has 0 aliphatic rings. The summed E-state index contributed by atoms with van der Waals surface area (Å²) >= 11 is 0. The van der Waals surface area contributed by atoms with Crippen LogP contribution in [0.3, 0.4) is 0 Å². The predicted molar refractivity (Wildman–Crippen MR) is 79.9 cm³/mol. The Morgan fingerprint density at radius 3 is 2.53 bits per heavy atom. The molecule has 0 aliphatic carbocycles. The van der Waals surface area contributed by atoms with Crippen LogP contribution >= 0.6 is 12.4 Å². The molecule has 0 radical (unpaired) electrons. The van der Waals surface area contributed by atoms with Gasteiger partial charge in [0.15, 0.2) is 0 Å². The number of halogens is 1. The van der Waals surface area contributed by atoms with Crippen molar-refractivity contribution in [1.29, 1.82) is 0 Å². The molecule has 0 saturated carbocycles. The van der Waals surface area contributed by atoms with Crippen molar-refractivity contribution in [1.82, 2.24) is 10.6 Å². The molecule has 0 heterocycles. The lowest BCUT2D eigenvalue weighted by Gasteiger charge is -2.06. The van der Waals surface area contributed by atoms with Crippen LogP contribution in [0.2, 0.25) is 0 Å². The molecular weight excluding hydrogens is 264 g/mol. The van der Waals surface area contributed by atoms with Crippen molar-refractivity contribution in [2.75, 3.05) is 33.4 Å². The van der Waals surface area contributed by atoms with Crippen molar-refractivity contribution in [3.8, 4) is 0 Å². The summed E-state index contributed by atoms with van der Waals surface area (Å²) in [6.07, 6.45) is 0.865. The average Bonchev–Trinajstić information content (AvgIpc) is 2.37. The number of nitrogens with one attached hydrogen (secondary N) is 2. The van der Waals surface area contributed by atoms with E-state index in [2.05, 4.69) is 41.8 Å². The van der Waals surface area contributed by atoms with Gasteiger partial charge in [0, 0.05) is 20.2 Å². The lowest BCUT2D eigenvalue weighted by Crippen LogP contribution is -2.36. The molecule has 0 spiro atoms. The number of benzene rings is 1. The van der Waals surface area contributed by atoms with Crippen molar-refractivity contribution < 1.29 is 9.53 Å². The minimum Gasteiger partial charge on any atom is -0.383 e. The van der Waals surface area contributed by atoms with Gasteiger partial charge in [-0.05, 0) is 18.9 Å². The Hall–Kier alpha value is -1.10. The van der Waals surface area contributed by atoms with Gasteiger partial charge >= 0.3 is 0 Å². The molecular formula is C14H23ClN2O2. The number of hydrogen-bond donors (Lipinski definition) is 2. The summed E-state index contributed by atoms with van der Waals surface area (Å²) in [7, 11) is 1.64. The van der Waals surface area contributed by atoms with E-state index in [9.17, 15) is 4.79 Å². The van der Waals surface area contributed by atoms with E-state index in [-0.39, 0.29) is 18.3 Å².